The monoisotopic (exact) mass is 256 g/mol. The van der Waals surface area contributed by atoms with Crippen molar-refractivity contribution >= 4 is 11.8 Å². The maximum absolute atomic E-state index is 3.88. The lowest BCUT2D eigenvalue weighted by molar-refractivity contribution is 0.0627. The fourth-order valence-corrected chi connectivity index (χ4v) is 3.93. The van der Waals surface area contributed by atoms with Gasteiger partial charge in [0.15, 0.2) is 0 Å². The highest BCUT2D eigenvalue weighted by Gasteiger charge is 2.41. The Hall–Kier alpha value is 0.270. The topological polar surface area (TPSA) is 15.3 Å². The lowest BCUT2D eigenvalue weighted by Crippen LogP contribution is -2.64. The van der Waals surface area contributed by atoms with Crippen molar-refractivity contribution in [2.75, 3.05) is 31.6 Å². The van der Waals surface area contributed by atoms with Crippen LogP contribution in [-0.2, 0) is 0 Å². The Morgan fingerprint density at radius 2 is 2.06 bits per heavy atom. The smallest absolute Gasteiger partial charge is 0.0309 e. The third kappa shape index (κ3) is 3.18. The van der Waals surface area contributed by atoms with Gasteiger partial charge in [0.1, 0.15) is 0 Å². The fourth-order valence-electron chi connectivity index (χ4n) is 3.51. The molecule has 0 aromatic heterocycles. The Labute approximate surface area is 111 Å². The molecule has 1 aliphatic heterocycles. The van der Waals surface area contributed by atoms with E-state index in [1.54, 1.807) is 0 Å². The molecule has 2 rings (SSSR count). The average Bonchev–Trinajstić information content (AvgIpc) is 2.74. The maximum Gasteiger partial charge on any atom is 0.0309 e. The van der Waals surface area contributed by atoms with Crippen molar-refractivity contribution in [2.24, 2.45) is 5.92 Å². The molecule has 1 spiro atoms. The molecular weight excluding hydrogens is 228 g/mol. The standard InChI is InChI=1S/C14H28N2S/c1-12(2)13-10-15-14(6-4-5-7-14)11-16(13)8-9-17-3/h12-13,15H,4-11H2,1-3H3. The summed E-state index contributed by atoms with van der Waals surface area (Å²) in [5.74, 6) is 2.04. The Kier molecular flexibility index (Phi) is 4.79. The number of piperazine rings is 1. The number of rotatable bonds is 4. The van der Waals surface area contributed by atoms with Gasteiger partial charge in [-0.25, -0.2) is 0 Å². The van der Waals surface area contributed by atoms with E-state index in [0.29, 0.717) is 5.54 Å². The molecule has 0 radical (unpaired) electrons. The second-order valence-electron chi connectivity index (χ2n) is 6.14. The molecule has 1 saturated carbocycles. The first kappa shape index (κ1) is 13.7. The minimum absolute atomic E-state index is 0.476. The van der Waals surface area contributed by atoms with Crippen molar-refractivity contribution < 1.29 is 0 Å². The van der Waals surface area contributed by atoms with Crippen molar-refractivity contribution in [3.05, 3.63) is 0 Å². The second kappa shape index (κ2) is 5.94. The third-order valence-corrected chi connectivity index (χ3v) is 5.16. The van der Waals surface area contributed by atoms with Gasteiger partial charge < -0.3 is 5.32 Å². The third-order valence-electron chi connectivity index (χ3n) is 4.57. The van der Waals surface area contributed by atoms with Crippen molar-refractivity contribution in [1.29, 1.82) is 0 Å². The zero-order chi connectivity index (χ0) is 12.3. The molecule has 100 valence electrons. The van der Waals surface area contributed by atoms with Gasteiger partial charge in [0, 0.05) is 37.0 Å². The fraction of sp³-hybridized carbons (Fsp3) is 1.00. The predicted octanol–water partition coefficient (Wildman–Crippen LogP) is 2.59. The molecule has 1 saturated heterocycles. The second-order valence-corrected chi connectivity index (χ2v) is 7.13. The van der Waals surface area contributed by atoms with Crippen LogP contribution in [0.25, 0.3) is 0 Å². The highest BCUT2D eigenvalue weighted by Crippen LogP contribution is 2.34. The van der Waals surface area contributed by atoms with E-state index in [1.807, 2.05) is 11.8 Å². The summed E-state index contributed by atoms with van der Waals surface area (Å²) in [6, 6.07) is 0.744. The summed E-state index contributed by atoms with van der Waals surface area (Å²) in [5, 5.41) is 3.88. The van der Waals surface area contributed by atoms with Crippen LogP contribution in [0, 0.1) is 5.92 Å². The summed E-state index contributed by atoms with van der Waals surface area (Å²) in [5.41, 5.74) is 0.476. The molecule has 1 unspecified atom stereocenters. The van der Waals surface area contributed by atoms with Crippen molar-refractivity contribution in [2.45, 2.75) is 51.1 Å². The maximum atomic E-state index is 3.88. The van der Waals surface area contributed by atoms with E-state index in [9.17, 15) is 0 Å². The first-order chi connectivity index (χ1) is 8.17. The normalized spacial score (nSPS) is 29.3. The van der Waals surface area contributed by atoms with Crippen LogP contribution in [0.5, 0.6) is 0 Å². The van der Waals surface area contributed by atoms with Gasteiger partial charge in [-0.05, 0) is 25.0 Å². The Bertz CT molecular complexity index is 236. The molecule has 2 nitrogen and oxygen atoms in total. The van der Waals surface area contributed by atoms with Gasteiger partial charge in [-0.2, -0.15) is 11.8 Å². The van der Waals surface area contributed by atoms with E-state index in [4.69, 9.17) is 0 Å². The molecule has 2 aliphatic rings. The summed E-state index contributed by atoms with van der Waals surface area (Å²) in [4.78, 5) is 2.77. The zero-order valence-electron chi connectivity index (χ0n) is 11.7. The molecular formula is C14H28N2S. The molecule has 1 aliphatic carbocycles. The van der Waals surface area contributed by atoms with E-state index in [-0.39, 0.29) is 0 Å². The Morgan fingerprint density at radius 1 is 1.35 bits per heavy atom. The van der Waals surface area contributed by atoms with E-state index in [2.05, 4.69) is 30.3 Å². The molecule has 1 N–H and O–H groups in total. The number of nitrogens with one attached hydrogen (secondary N) is 1. The molecule has 0 amide bonds. The van der Waals surface area contributed by atoms with E-state index in [0.717, 1.165) is 12.0 Å². The van der Waals surface area contributed by atoms with Crippen LogP contribution in [0.3, 0.4) is 0 Å². The Balaban J connectivity index is 1.98. The number of thioether (sulfide) groups is 1. The molecule has 0 aromatic carbocycles. The van der Waals surface area contributed by atoms with Crippen LogP contribution < -0.4 is 5.32 Å². The van der Waals surface area contributed by atoms with E-state index in [1.165, 1.54) is 51.1 Å². The molecule has 1 atom stereocenters. The van der Waals surface area contributed by atoms with Crippen molar-refractivity contribution in [1.82, 2.24) is 10.2 Å². The van der Waals surface area contributed by atoms with Gasteiger partial charge in [0.05, 0.1) is 0 Å². The highest BCUT2D eigenvalue weighted by atomic mass is 32.2. The van der Waals surface area contributed by atoms with Crippen LogP contribution >= 0.6 is 11.8 Å². The quantitative estimate of drug-likeness (QED) is 0.832. The van der Waals surface area contributed by atoms with Crippen LogP contribution in [0.15, 0.2) is 0 Å². The molecule has 17 heavy (non-hydrogen) atoms. The van der Waals surface area contributed by atoms with Gasteiger partial charge in [-0.3, -0.25) is 4.90 Å². The predicted molar refractivity (Wildman–Crippen MR) is 77.8 cm³/mol. The summed E-state index contributed by atoms with van der Waals surface area (Å²) >= 11 is 1.98. The lowest BCUT2D eigenvalue weighted by atomic mass is 9.89. The number of hydrogen-bond donors (Lipinski definition) is 1. The van der Waals surface area contributed by atoms with Crippen LogP contribution in [-0.4, -0.2) is 48.1 Å². The molecule has 3 heteroatoms. The van der Waals surface area contributed by atoms with Crippen LogP contribution in [0.2, 0.25) is 0 Å². The zero-order valence-corrected chi connectivity index (χ0v) is 12.5. The van der Waals surface area contributed by atoms with Gasteiger partial charge in [0.25, 0.3) is 0 Å². The van der Waals surface area contributed by atoms with Crippen LogP contribution in [0.1, 0.15) is 39.5 Å². The van der Waals surface area contributed by atoms with Gasteiger partial charge in [-0.15, -0.1) is 0 Å². The molecule has 2 fully saturated rings. The van der Waals surface area contributed by atoms with Crippen molar-refractivity contribution in [3.8, 4) is 0 Å². The minimum atomic E-state index is 0.476. The largest absolute Gasteiger partial charge is 0.308 e. The minimum Gasteiger partial charge on any atom is -0.308 e. The van der Waals surface area contributed by atoms with E-state index >= 15 is 0 Å². The van der Waals surface area contributed by atoms with Crippen molar-refractivity contribution in [3.63, 3.8) is 0 Å². The summed E-state index contributed by atoms with van der Waals surface area (Å²) in [7, 11) is 0. The highest BCUT2D eigenvalue weighted by molar-refractivity contribution is 7.98. The number of hydrogen-bond acceptors (Lipinski definition) is 3. The van der Waals surface area contributed by atoms with Gasteiger partial charge in [-0.1, -0.05) is 26.7 Å². The van der Waals surface area contributed by atoms with Crippen LogP contribution in [0.4, 0.5) is 0 Å². The molecule has 0 aromatic rings. The summed E-state index contributed by atoms with van der Waals surface area (Å²) < 4.78 is 0. The van der Waals surface area contributed by atoms with Gasteiger partial charge in [0.2, 0.25) is 0 Å². The lowest BCUT2D eigenvalue weighted by Gasteiger charge is -2.48. The Morgan fingerprint density at radius 3 is 2.65 bits per heavy atom. The first-order valence-corrected chi connectivity index (χ1v) is 8.54. The summed E-state index contributed by atoms with van der Waals surface area (Å²) in [6.45, 7) is 8.49. The SMILES string of the molecule is CSCCN1CC2(CCCC2)NCC1C(C)C. The average molecular weight is 256 g/mol. The van der Waals surface area contributed by atoms with E-state index < -0.39 is 0 Å². The van der Waals surface area contributed by atoms with Gasteiger partial charge >= 0.3 is 0 Å². The number of nitrogens with zero attached hydrogens (tertiary/aromatic N) is 1. The molecule has 0 bridgehead atoms. The first-order valence-electron chi connectivity index (χ1n) is 7.15. The molecule has 1 heterocycles. The summed E-state index contributed by atoms with van der Waals surface area (Å²) in [6.07, 6.45) is 7.87.